The highest BCUT2D eigenvalue weighted by molar-refractivity contribution is 9.10. The van der Waals surface area contributed by atoms with Crippen molar-refractivity contribution in [3.63, 3.8) is 0 Å². The second-order valence-corrected chi connectivity index (χ2v) is 5.35. The van der Waals surface area contributed by atoms with E-state index in [0.29, 0.717) is 5.69 Å². The molecular weight excluding hydrogens is 320 g/mol. The number of benzene rings is 2. The topological polar surface area (TPSA) is 55.2 Å². The first-order valence-electron chi connectivity index (χ1n) is 6.37. The third-order valence-electron chi connectivity index (χ3n) is 3.10. The lowest BCUT2D eigenvalue weighted by Crippen LogP contribution is -2.11. The van der Waals surface area contributed by atoms with Crippen LogP contribution in [0.3, 0.4) is 0 Å². The monoisotopic (exact) mass is 334 g/mol. The van der Waals surface area contributed by atoms with Crippen LogP contribution in [0.25, 0.3) is 0 Å². The first-order valence-corrected chi connectivity index (χ1v) is 7.16. The molecular formula is C15H15BrN2O2. The van der Waals surface area contributed by atoms with Gasteiger partial charge in [-0.2, -0.15) is 0 Å². The molecule has 0 saturated heterocycles. The fourth-order valence-corrected chi connectivity index (χ4v) is 2.44. The molecule has 0 radical (unpaired) electrons. The Morgan fingerprint density at radius 3 is 2.55 bits per heavy atom. The number of rotatable bonds is 5. The normalized spacial score (nSPS) is 11.9. The fraction of sp³-hybridized carbons (Fsp3) is 0.200. The summed E-state index contributed by atoms with van der Waals surface area (Å²) in [6.45, 7) is 2.05. The van der Waals surface area contributed by atoms with Crippen molar-refractivity contribution in [3.05, 3.63) is 68.7 Å². The molecule has 2 rings (SSSR count). The Morgan fingerprint density at radius 2 is 1.95 bits per heavy atom. The van der Waals surface area contributed by atoms with Crippen molar-refractivity contribution in [3.8, 4) is 0 Å². The largest absolute Gasteiger partial charge is 0.373 e. The van der Waals surface area contributed by atoms with Gasteiger partial charge in [-0.15, -0.1) is 0 Å². The lowest BCUT2D eigenvalue weighted by Gasteiger charge is -2.18. The molecule has 0 fully saturated rings. The third-order valence-corrected chi connectivity index (χ3v) is 3.59. The summed E-state index contributed by atoms with van der Waals surface area (Å²) >= 11 is 3.35. The predicted octanol–water partition coefficient (Wildman–Crippen LogP) is 4.92. The molecule has 0 amide bonds. The lowest BCUT2D eigenvalue weighted by molar-refractivity contribution is -0.384. The Hall–Kier alpha value is -1.88. The van der Waals surface area contributed by atoms with Gasteiger partial charge in [-0.05, 0) is 24.1 Å². The van der Waals surface area contributed by atoms with Crippen LogP contribution in [0, 0.1) is 10.1 Å². The fourth-order valence-electron chi connectivity index (χ4n) is 2.08. The van der Waals surface area contributed by atoms with Gasteiger partial charge < -0.3 is 5.32 Å². The maximum absolute atomic E-state index is 11.1. The molecule has 0 aliphatic carbocycles. The van der Waals surface area contributed by atoms with Crippen molar-refractivity contribution in [2.75, 3.05) is 5.32 Å². The Kier molecular flexibility index (Phi) is 4.74. The average Bonchev–Trinajstić information content (AvgIpc) is 2.45. The van der Waals surface area contributed by atoms with Crippen LogP contribution in [0.5, 0.6) is 0 Å². The Bertz CT molecular complexity index is 602. The van der Waals surface area contributed by atoms with Gasteiger partial charge in [0.25, 0.3) is 5.69 Å². The molecule has 0 bridgehead atoms. The number of nitrogens with zero attached hydrogens (tertiary/aromatic N) is 1. The molecule has 5 heteroatoms. The predicted molar refractivity (Wildman–Crippen MR) is 83.9 cm³/mol. The molecule has 2 aromatic carbocycles. The molecule has 1 N–H and O–H groups in total. The smallest absolute Gasteiger partial charge is 0.292 e. The van der Waals surface area contributed by atoms with Crippen molar-refractivity contribution >= 4 is 27.3 Å². The highest BCUT2D eigenvalue weighted by Gasteiger charge is 2.17. The zero-order valence-electron chi connectivity index (χ0n) is 11.0. The number of nitro groups is 1. The van der Waals surface area contributed by atoms with E-state index in [2.05, 4.69) is 28.2 Å². The van der Waals surface area contributed by atoms with Crippen LogP contribution in [-0.2, 0) is 0 Å². The Morgan fingerprint density at radius 1 is 1.25 bits per heavy atom. The summed E-state index contributed by atoms with van der Waals surface area (Å²) in [5.41, 5.74) is 1.73. The molecule has 0 heterocycles. The standard InChI is InChI=1S/C15H15BrN2O2/c1-2-13(11-6-4-3-5-7-11)17-14-10-12(16)8-9-15(14)18(19)20/h3-10,13,17H,2H2,1H3. The van der Waals surface area contributed by atoms with Gasteiger partial charge in [0.2, 0.25) is 0 Å². The second-order valence-electron chi connectivity index (χ2n) is 4.43. The van der Waals surface area contributed by atoms with Crippen molar-refractivity contribution < 1.29 is 4.92 Å². The minimum atomic E-state index is -0.369. The van der Waals surface area contributed by atoms with E-state index in [1.807, 2.05) is 30.3 Å². The molecule has 4 nitrogen and oxygen atoms in total. The maximum Gasteiger partial charge on any atom is 0.292 e. The molecule has 0 saturated carbocycles. The summed E-state index contributed by atoms with van der Waals surface area (Å²) in [6.07, 6.45) is 0.841. The van der Waals surface area contributed by atoms with Crippen LogP contribution in [0.1, 0.15) is 24.9 Å². The maximum atomic E-state index is 11.1. The van der Waals surface area contributed by atoms with Crippen LogP contribution >= 0.6 is 15.9 Å². The molecule has 104 valence electrons. The van der Waals surface area contributed by atoms with Crippen LogP contribution < -0.4 is 5.32 Å². The van der Waals surface area contributed by atoms with Crippen LogP contribution in [0.15, 0.2) is 53.0 Å². The molecule has 0 spiro atoms. The van der Waals surface area contributed by atoms with Gasteiger partial charge in [-0.3, -0.25) is 10.1 Å². The third kappa shape index (κ3) is 3.36. The summed E-state index contributed by atoms with van der Waals surface area (Å²) in [6, 6.07) is 14.9. The van der Waals surface area contributed by atoms with E-state index in [-0.39, 0.29) is 16.7 Å². The van der Waals surface area contributed by atoms with E-state index in [0.717, 1.165) is 16.5 Å². The van der Waals surface area contributed by atoms with Crippen molar-refractivity contribution in [1.82, 2.24) is 0 Å². The molecule has 2 aromatic rings. The molecule has 0 aromatic heterocycles. The quantitative estimate of drug-likeness (QED) is 0.623. The van der Waals surface area contributed by atoms with E-state index >= 15 is 0 Å². The Balaban J connectivity index is 2.32. The summed E-state index contributed by atoms with van der Waals surface area (Å²) in [4.78, 5) is 10.7. The second kappa shape index (κ2) is 6.52. The summed E-state index contributed by atoms with van der Waals surface area (Å²) in [7, 11) is 0. The number of hydrogen-bond acceptors (Lipinski definition) is 3. The van der Waals surface area contributed by atoms with Gasteiger partial charge in [-0.25, -0.2) is 0 Å². The zero-order chi connectivity index (χ0) is 14.5. The van der Waals surface area contributed by atoms with Crippen LogP contribution in [0.4, 0.5) is 11.4 Å². The van der Waals surface area contributed by atoms with Gasteiger partial charge in [0.15, 0.2) is 0 Å². The highest BCUT2D eigenvalue weighted by atomic mass is 79.9. The molecule has 0 aliphatic heterocycles. The summed E-state index contributed by atoms with van der Waals surface area (Å²) in [5.74, 6) is 0. The van der Waals surface area contributed by atoms with E-state index in [4.69, 9.17) is 0 Å². The number of anilines is 1. The molecule has 1 unspecified atom stereocenters. The lowest BCUT2D eigenvalue weighted by atomic mass is 10.0. The van der Waals surface area contributed by atoms with Crippen molar-refractivity contribution in [2.24, 2.45) is 0 Å². The van der Waals surface area contributed by atoms with Crippen LogP contribution in [0.2, 0.25) is 0 Å². The highest BCUT2D eigenvalue weighted by Crippen LogP contribution is 2.32. The number of nitrogens with one attached hydrogen (secondary N) is 1. The summed E-state index contributed by atoms with van der Waals surface area (Å²) < 4.78 is 0.813. The number of nitro benzene ring substituents is 1. The van der Waals surface area contributed by atoms with E-state index < -0.39 is 0 Å². The molecule has 1 atom stereocenters. The SMILES string of the molecule is CCC(Nc1cc(Br)ccc1[N+](=O)[O-])c1ccccc1. The average molecular weight is 335 g/mol. The van der Waals surface area contributed by atoms with E-state index in [1.54, 1.807) is 12.1 Å². The van der Waals surface area contributed by atoms with E-state index in [9.17, 15) is 10.1 Å². The van der Waals surface area contributed by atoms with Crippen molar-refractivity contribution in [2.45, 2.75) is 19.4 Å². The molecule has 20 heavy (non-hydrogen) atoms. The minimum Gasteiger partial charge on any atom is -0.373 e. The van der Waals surface area contributed by atoms with Crippen molar-refractivity contribution in [1.29, 1.82) is 0 Å². The van der Waals surface area contributed by atoms with Gasteiger partial charge in [0, 0.05) is 10.5 Å². The van der Waals surface area contributed by atoms with E-state index in [1.165, 1.54) is 6.07 Å². The Labute approximate surface area is 126 Å². The van der Waals surface area contributed by atoms with Gasteiger partial charge >= 0.3 is 0 Å². The first kappa shape index (κ1) is 14.5. The van der Waals surface area contributed by atoms with Crippen LogP contribution in [-0.4, -0.2) is 4.92 Å². The molecule has 0 aliphatic rings. The minimum absolute atomic E-state index is 0.0456. The number of halogens is 1. The summed E-state index contributed by atoms with van der Waals surface area (Å²) in [5, 5.41) is 14.4. The number of hydrogen-bond donors (Lipinski definition) is 1. The van der Waals surface area contributed by atoms with Gasteiger partial charge in [-0.1, -0.05) is 53.2 Å². The van der Waals surface area contributed by atoms with Gasteiger partial charge in [0.05, 0.1) is 11.0 Å². The van der Waals surface area contributed by atoms with Gasteiger partial charge in [0.1, 0.15) is 5.69 Å². The first-order chi connectivity index (χ1) is 9.61. The zero-order valence-corrected chi connectivity index (χ0v) is 12.6.